The van der Waals surface area contributed by atoms with E-state index in [1.807, 2.05) is 0 Å². The number of allylic oxidation sites excluding steroid dienone is 1. The van der Waals surface area contributed by atoms with E-state index >= 15 is 0 Å². The lowest BCUT2D eigenvalue weighted by atomic mass is 10.1. The van der Waals surface area contributed by atoms with Crippen molar-refractivity contribution in [1.29, 1.82) is 0 Å². The monoisotopic (exact) mass is 210 g/mol. The van der Waals surface area contributed by atoms with Crippen molar-refractivity contribution < 1.29 is 0 Å². The van der Waals surface area contributed by atoms with E-state index in [1.54, 1.807) is 0 Å². The summed E-state index contributed by atoms with van der Waals surface area (Å²) < 4.78 is 0. The Hall–Kier alpha value is -0.0431. The van der Waals surface area contributed by atoms with Gasteiger partial charge in [-0.05, 0) is 18.8 Å². The molecule has 0 spiro atoms. The lowest BCUT2D eigenvalue weighted by molar-refractivity contribution is 0.686. The van der Waals surface area contributed by atoms with Crippen LogP contribution in [0.2, 0.25) is 18.1 Å². The minimum atomic E-state index is -0.965. The lowest BCUT2D eigenvalue weighted by Gasteiger charge is -2.24. The second-order valence-electron chi connectivity index (χ2n) is 4.83. The SMILES string of the molecule is CC[Si](/C=C/C1CCCC1)(CC)CC. The van der Waals surface area contributed by atoms with E-state index in [2.05, 4.69) is 32.5 Å². The summed E-state index contributed by atoms with van der Waals surface area (Å²) in [6.07, 6.45) is 8.42. The molecule has 1 fully saturated rings. The van der Waals surface area contributed by atoms with Gasteiger partial charge < -0.3 is 0 Å². The highest BCUT2D eigenvalue weighted by atomic mass is 28.3. The maximum absolute atomic E-state index is 2.67. The van der Waals surface area contributed by atoms with Gasteiger partial charge in [-0.3, -0.25) is 0 Å². The molecule has 1 aliphatic carbocycles. The van der Waals surface area contributed by atoms with Crippen LogP contribution in [0.25, 0.3) is 0 Å². The summed E-state index contributed by atoms with van der Waals surface area (Å²) in [6, 6.07) is 4.30. The fourth-order valence-corrected chi connectivity index (χ4v) is 5.48. The van der Waals surface area contributed by atoms with Crippen molar-refractivity contribution in [2.75, 3.05) is 0 Å². The number of hydrogen-bond acceptors (Lipinski definition) is 0. The summed E-state index contributed by atoms with van der Waals surface area (Å²) in [5.41, 5.74) is 2.67. The molecule has 1 rings (SSSR count). The molecule has 1 heteroatoms. The van der Waals surface area contributed by atoms with Crippen molar-refractivity contribution >= 4 is 8.07 Å². The van der Waals surface area contributed by atoms with Gasteiger partial charge in [0.15, 0.2) is 0 Å². The molecule has 0 N–H and O–H groups in total. The Labute approximate surface area is 90.8 Å². The first-order valence-electron chi connectivity index (χ1n) is 6.45. The zero-order valence-electron chi connectivity index (χ0n) is 10.2. The maximum Gasteiger partial charge on any atom is 0.0766 e. The zero-order valence-corrected chi connectivity index (χ0v) is 11.2. The van der Waals surface area contributed by atoms with Gasteiger partial charge >= 0.3 is 0 Å². The van der Waals surface area contributed by atoms with E-state index in [-0.39, 0.29) is 0 Å². The molecule has 0 aliphatic heterocycles. The van der Waals surface area contributed by atoms with Crippen molar-refractivity contribution in [3.63, 3.8) is 0 Å². The normalized spacial score (nSPS) is 19.6. The summed E-state index contributed by atoms with van der Waals surface area (Å²) >= 11 is 0. The van der Waals surface area contributed by atoms with E-state index in [1.165, 1.54) is 43.8 Å². The highest BCUT2D eigenvalue weighted by Gasteiger charge is 2.23. The average molecular weight is 210 g/mol. The standard InChI is InChI=1S/C13H26Si/c1-4-14(5-2,6-3)12-11-13-9-7-8-10-13/h11-13H,4-10H2,1-3H3/b12-11+. The first kappa shape index (κ1) is 12.0. The average Bonchev–Trinajstić information content (AvgIpc) is 2.74. The third-order valence-electron chi connectivity index (χ3n) is 4.23. The van der Waals surface area contributed by atoms with Gasteiger partial charge in [-0.2, -0.15) is 0 Å². The second-order valence-corrected chi connectivity index (χ2v) is 10.0. The molecule has 0 unspecified atom stereocenters. The summed E-state index contributed by atoms with van der Waals surface area (Å²) in [5.74, 6) is 0.937. The van der Waals surface area contributed by atoms with Crippen LogP contribution in [-0.2, 0) is 0 Å². The van der Waals surface area contributed by atoms with E-state index < -0.39 is 8.07 Å². The van der Waals surface area contributed by atoms with Crippen LogP contribution in [0.15, 0.2) is 11.8 Å². The Balaban J connectivity index is 2.52. The largest absolute Gasteiger partial charge is 0.0979 e. The van der Waals surface area contributed by atoms with E-state index in [0.29, 0.717) is 0 Å². The maximum atomic E-state index is 2.67. The van der Waals surface area contributed by atoms with Crippen LogP contribution < -0.4 is 0 Å². The van der Waals surface area contributed by atoms with Crippen LogP contribution in [0.4, 0.5) is 0 Å². The Kier molecular flexibility index (Phi) is 4.94. The van der Waals surface area contributed by atoms with Crippen LogP contribution >= 0.6 is 0 Å². The molecule has 0 heterocycles. The molecule has 0 amide bonds. The third kappa shape index (κ3) is 2.98. The summed E-state index contributed by atoms with van der Waals surface area (Å²) in [5, 5.41) is 0. The van der Waals surface area contributed by atoms with Crippen molar-refractivity contribution in [2.24, 2.45) is 5.92 Å². The quantitative estimate of drug-likeness (QED) is 0.573. The molecule has 14 heavy (non-hydrogen) atoms. The summed E-state index contributed by atoms with van der Waals surface area (Å²) in [7, 11) is -0.965. The van der Waals surface area contributed by atoms with Gasteiger partial charge in [0.05, 0.1) is 8.07 Å². The highest BCUT2D eigenvalue weighted by Crippen LogP contribution is 2.28. The molecule has 0 aromatic heterocycles. The van der Waals surface area contributed by atoms with Gasteiger partial charge in [0, 0.05) is 0 Å². The van der Waals surface area contributed by atoms with E-state index in [0.717, 1.165) is 5.92 Å². The smallest absolute Gasteiger partial charge is 0.0766 e. The van der Waals surface area contributed by atoms with Gasteiger partial charge in [-0.1, -0.05) is 63.5 Å². The Morgan fingerprint density at radius 2 is 1.50 bits per heavy atom. The molecule has 0 aromatic rings. The van der Waals surface area contributed by atoms with Crippen molar-refractivity contribution in [3.05, 3.63) is 11.8 Å². The van der Waals surface area contributed by atoms with Gasteiger partial charge in [-0.25, -0.2) is 0 Å². The Bertz CT molecular complexity index is 165. The van der Waals surface area contributed by atoms with Gasteiger partial charge in [-0.15, -0.1) is 0 Å². The van der Waals surface area contributed by atoms with Gasteiger partial charge in [0.2, 0.25) is 0 Å². The minimum Gasteiger partial charge on any atom is -0.0979 e. The van der Waals surface area contributed by atoms with Gasteiger partial charge in [0.1, 0.15) is 0 Å². The third-order valence-corrected chi connectivity index (χ3v) is 9.36. The fraction of sp³-hybridized carbons (Fsp3) is 0.846. The topological polar surface area (TPSA) is 0 Å². The molecule has 1 saturated carbocycles. The molecule has 82 valence electrons. The molecule has 0 aromatic carbocycles. The van der Waals surface area contributed by atoms with Crippen molar-refractivity contribution in [3.8, 4) is 0 Å². The fourth-order valence-electron chi connectivity index (χ4n) is 2.59. The summed E-state index contributed by atoms with van der Waals surface area (Å²) in [6.45, 7) is 7.16. The van der Waals surface area contributed by atoms with E-state index in [4.69, 9.17) is 0 Å². The molecule has 1 aliphatic rings. The zero-order chi connectivity index (χ0) is 10.4. The van der Waals surface area contributed by atoms with Crippen LogP contribution in [0.5, 0.6) is 0 Å². The minimum absolute atomic E-state index is 0.937. The number of hydrogen-bond donors (Lipinski definition) is 0. The highest BCUT2D eigenvalue weighted by molar-refractivity contribution is 6.84. The molecular formula is C13H26Si. The molecule has 0 atom stereocenters. The van der Waals surface area contributed by atoms with Gasteiger partial charge in [0.25, 0.3) is 0 Å². The predicted octanol–water partition coefficient (Wildman–Crippen LogP) is 4.78. The molecule has 0 radical (unpaired) electrons. The van der Waals surface area contributed by atoms with Crippen LogP contribution in [-0.4, -0.2) is 8.07 Å². The predicted molar refractivity (Wildman–Crippen MR) is 68.3 cm³/mol. The Morgan fingerprint density at radius 3 is 1.93 bits per heavy atom. The molecular weight excluding hydrogens is 184 g/mol. The molecule has 0 nitrogen and oxygen atoms in total. The van der Waals surface area contributed by atoms with E-state index in [9.17, 15) is 0 Å². The van der Waals surface area contributed by atoms with Crippen LogP contribution in [0.1, 0.15) is 46.5 Å². The van der Waals surface area contributed by atoms with Crippen LogP contribution in [0.3, 0.4) is 0 Å². The molecule has 0 saturated heterocycles. The first-order valence-corrected chi connectivity index (χ1v) is 9.15. The van der Waals surface area contributed by atoms with Crippen molar-refractivity contribution in [2.45, 2.75) is 64.6 Å². The molecule has 0 bridgehead atoms. The van der Waals surface area contributed by atoms with Crippen molar-refractivity contribution in [1.82, 2.24) is 0 Å². The second kappa shape index (κ2) is 5.74. The first-order chi connectivity index (χ1) is 6.76. The summed E-state index contributed by atoms with van der Waals surface area (Å²) in [4.78, 5) is 0. The Morgan fingerprint density at radius 1 is 1.00 bits per heavy atom. The van der Waals surface area contributed by atoms with Crippen LogP contribution in [0, 0.1) is 5.92 Å². The lowest BCUT2D eigenvalue weighted by Crippen LogP contribution is -2.28. The number of rotatable bonds is 5.